The average Bonchev–Trinajstić information content (AvgIpc) is 2.40. The average molecular weight is 229 g/mol. The summed E-state index contributed by atoms with van der Waals surface area (Å²) in [5.41, 5.74) is 5.48. The van der Waals surface area contributed by atoms with Gasteiger partial charge in [-0.15, -0.1) is 0 Å². The van der Waals surface area contributed by atoms with E-state index in [0.717, 1.165) is 32.6 Å². The Morgan fingerprint density at radius 1 is 1.33 bits per heavy atom. The van der Waals surface area contributed by atoms with Gasteiger partial charge in [0.25, 0.3) is 0 Å². The first-order valence-corrected chi connectivity index (χ1v) is 5.70. The summed E-state index contributed by atoms with van der Waals surface area (Å²) in [7, 11) is 2.07. The van der Waals surface area contributed by atoms with E-state index < -0.39 is 0 Å². The minimum Gasteiger partial charge on any atom is -0.393 e. The summed E-state index contributed by atoms with van der Waals surface area (Å²) in [4.78, 5) is 16.3. The number of nitrogens with zero attached hydrogens (tertiary/aromatic N) is 2. The molecule has 0 spiro atoms. The van der Waals surface area contributed by atoms with Crippen molar-refractivity contribution in [2.24, 2.45) is 11.7 Å². The second kappa shape index (κ2) is 5.42. The molecule has 0 aromatic heterocycles. The van der Waals surface area contributed by atoms with Crippen molar-refractivity contribution >= 4 is 23.1 Å². The molecule has 1 aliphatic heterocycles. The van der Waals surface area contributed by atoms with Crippen LogP contribution in [-0.4, -0.2) is 53.9 Å². The highest BCUT2D eigenvalue weighted by Crippen LogP contribution is 2.07. The van der Waals surface area contributed by atoms with Gasteiger partial charge in [0.05, 0.1) is 10.9 Å². The molecule has 0 aromatic carbocycles. The minimum atomic E-state index is -0.330. The van der Waals surface area contributed by atoms with Crippen LogP contribution in [0, 0.1) is 5.92 Å². The van der Waals surface area contributed by atoms with Crippen LogP contribution in [0.15, 0.2) is 0 Å². The van der Waals surface area contributed by atoms with Gasteiger partial charge in [-0.25, -0.2) is 0 Å². The molecule has 1 unspecified atom stereocenters. The molecule has 1 atom stereocenters. The van der Waals surface area contributed by atoms with Gasteiger partial charge in [0.2, 0.25) is 5.91 Å². The monoisotopic (exact) mass is 229 g/mol. The fourth-order valence-electron chi connectivity index (χ4n) is 1.66. The fraction of sp³-hybridized carbons (Fsp3) is 0.800. The van der Waals surface area contributed by atoms with Crippen LogP contribution in [0.3, 0.4) is 0 Å². The van der Waals surface area contributed by atoms with Crippen molar-refractivity contribution in [1.29, 1.82) is 0 Å². The largest absolute Gasteiger partial charge is 0.393 e. The summed E-state index contributed by atoms with van der Waals surface area (Å²) in [6.45, 7) is 5.35. The number of carbonyl (C=O) groups excluding carboxylic acids is 1. The number of hydrogen-bond donors (Lipinski definition) is 1. The van der Waals surface area contributed by atoms with Crippen LogP contribution in [0.5, 0.6) is 0 Å². The summed E-state index contributed by atoms with van der Waals surface area (Å²) in [6, 6.07) is 0. The van der Waals surface area contributed by atoms with Crippen LogP contribution in [0.1, 0.15) is 13.3 Å². The van der Waals surface area contributed by atoms with E-state index in [0.29, 0.717) is 0 Å². The molecule has 15 heavy (non-hydrogen) atoms. The van der Waals surface area contributed by atoms with E-state index in [1.165, 1.54) is 0 Å². The maximum Gasteiger partial charge on any atom is 0.232 e. The van der Waals surface area contributed by atoms with Crippen molar-refractivity contribution in [3.05, 3.63) is 0 Å². The predicted molar refractivity (Wildman–Crippen MR) is 64.6 cm³/mol. The lowest BCUT2D eigenvalue weighted by Crippen LogP contribution is -2.41. The molecular formula is C10H19N3OS. The quantitative estimate of drug-likeness (QED) is 0.681. The number of hydrogen-bond acceptors (Lipinski definition) is 3. The van der Waals surface area contributed by atoms with Gasteiger partial charge in [0, 0.05) is 19.6 Å². The normalized spacial score (nSPS) is 20.8. The molecule has 0 radical (unpaired) electrons. The SMILES string of the molecule is CC(C(=O)N1CCCN(C)CC1)C(N)=S. The third-order valence-corrected chi connectivity index (χ3v) is 3.18. The predicted octanol–water partition coefficient (Wildman–Crippen LogP) is 0.0727. The zero-order valence-electron chi connectivity index (χ0n) is 9.40. The van der Waals surface area contributed by atoms with E-state index in [9.17, 15) is 4.79 Å². The number of nitrogens with two attached hydrogens (primary N) is 1. The third kappa shape index (κ3) is 3.43. The molecular weight excluding hydrogens is 210 g/mol. The molecule has 4 nitrogen and oxygen atoms in total. The lowest BCUT2D eigenvalue weighted by Gasteiger charge is -2.23. The van der Waals surface area contributed by atoms with Crippen molar-refractivity contribution < 1.29 is 4.79 Å². The first kappa shape index (κ1) is 12.4. The lowest BCUT2D eigenvalue weighted by molar-refractivity contribution is -0.132. The first-order chi connectivity index (χ1) is 7.02. The third-order valence-electron chi connectivity index (χ3n) is 2.83. The second-order valence-corrected chi connectivity index (χ2v) is 4.58. The van der Waals surface area contributed by atoms with Crippen molar-refractivity contribution in [1.82, 2.24) is 9.80 Å². The van der Waals surface area contributed by atoms with Gasteiger partial charge in [0.15, 0.2) is 0 Å². The molecule has 1 fully saturated rings. The molecule has 1 amide bonds. The number of amides is 1. The minimum absolute atomic E-state index is 0.0674. The Kier molecular flexibility index (Phi) is 4.47. The highest BCUT2D eigenvalue weighted by Gasteiger charge is 2.23. The summed E-state index contributed by atoms with van der Waals surface area (Å²) in [6.07, 6.45) is 1.02. The Morgan fingerprint density at radius 2 is 2.00 bits per heavy atom. The summed E-state index contributed by atoms with van der Waals surface area (Å²) < 4.78 is 0. The van der Waals surface area contributed by atoms with Crippen LogP contribution < -0.4 is 5.73 Å². The molecule has 0 aliphatic carbocycles. The Balaban J connectivity index is 2.55. The standard InChI is InChI=1S/C10H19N3OS/c1-8(9(11)15)10(14)13-5-3-4-12(2)6-7-13/h8H,3-7H2,1-2H3,(H2,11,15). The van der Waals surface area contributed by atoms with Gasteiger partial charge in [-0.05, 0) is 26.9 Å². The van der Waals surface area contributed by atoms with Gasteiger partial charge in [-0.3, -0.25) is 4.79 Å². The van der Waals surface area contributed by atoms with Crippen LogP contribution in [0.2, 0.25) is 0 Å². The van der Waals surface area contributed by atoms with Crippen LogP contribution in [0.25, 0.3) is 0 Å². The molecule has 1 saturated heterocycles. The van der Waals surface area contributed by atoms with Crippen LogP contribution >= 0.6 is 12.2 Å². The van der Waals surface area contributed by atoms with E-state index >= 15 is 0 Å². The Bertz CT molecular complexity index is 257. The Labute approximate surface area is 96.4 Å². The number of likely N-dealkylation sites (N-methyl/N-ethyl adjacent to an activating group) is 1. The maximum absolute atomic E-state index is 11.9. The summed E-state index contributed by atoms with van der Waals surface area (Å²) >= 11 is 4.84. The topological polar surface area (TPSA) is 49.6 Å². The van der Waals surface area contributed by atoms with E-state index in [4.69, 9.17) is 18.0 Å². The molecule has 0 aromatic rings. The smallest absolute Gasteiger partial charge is 0.232 e. The highest BCUT2D eigenvalue weighted by molar-refractivity contribution is 7.80. The van der Waals surface area contributed by atoms with E-state index in [-0.39, 0.29) is 16.8 Å². The lowest BCUT2D eigenvalue weighted by atomic mass is 10.1. The van der Waals surface area contributed by atoms with Crippen molar-refractivity contribution in [2.75, 3.05) is 33.2 Å². The molecule has 0 saturated carbocycles. The zero-order chi connectivity index (χ0) is 11.4. The van der Waals surface area contributed by atoms with Crippen molar-refractivity contribution in [2.45, 2.75) is 13.3 Å². The van der Waals surface area contributed by atoms with Crippen LogP contribution in [-0.2, 0) is 4.79 Å². The summed E-state index contributed by atoms with van der Waals surface area (Å²) in [5.74, 6) is -0.263. The van der Waals surface area contributed by atoms with E-state index in [1.807, 2.05) is 4.90 Å². The molecule has 1 aliphatic rings. The molecule has 86 valence electrons. The van der Waals surface area contributed by atoms with Gasteiger partial charge in [0.1, 0.15) is 0 Å². The zero-order valence-corrected chi connectivity index (χ0v) is 10.2. The molecule has 0 bridgehead atoms. The number of thiocarbonyl (C=S) groups is 1. The molecule has 1 rings (SSSR count). The van der Waals surface area contributed by atoms with Gasteiger partial charge in [-0.1, -0.05) is 12.2 Å². The number of carbonyl (C=O) groups is 1. The maximum atomic E-state index is 11.9. The molecule has 1 heterocycles. The highest BCUT2D eigenvalue weighted by atomic mass is 32.1. The van der Waals surface area contributed by atoms with Crippen molar-refractivity contribution in [3.8, 4) is 0 Å². The number of rotatable bonds is 2. The van der Waals surface area contributed by atoms with Gasteiger partial charge >= 0.3 is 0 Å². The van der Waals surface area contributed by atoms with Gasteiger partial charge in [-0.2, -0.15) is 0 Å². The second-order valence-electron chi connectivity index (χ2n) is 4.11. The fourth-order valence-corrected chi connectivity index (χ4v) is 1.76. The first-order valence-electron chi connectivity index (χ1n) is 5.29. The molecule has 5 heteroatoms. The molecule has 2 N–H and O–H groups in total. The Morgan fingerprint density at radius 3 is 2.60 bits per heavy atom. The van der Waals surface area contributed by atoms with E-state index in [2.05, 4.69) is 11.9 Å². The summed E-state index contributed by atoms with van der Waals surface area (Å²) in [5, 5.41) is 0. The van der Waals surface area contributed by atoms with Gasteiger partial charge < -0.3 is 15.5 Å². The van der Waals surface area contributed by atoms with Crippen molar-refractivity contribution in [3.63, 3.8) is 0 Å². The van der Waals surface area contributed by atoms with Crippen LogP contribution in [0.4, 0.5) is 0 Å². The van der Waals surface area contributed by atoms with E-state index in [1.54, 1.807) is 6.92 Å². The Hall–Kier alpha value is -0.680.